The largest absolute Gasteiger partial charge is 0.478 e. The molecule has 0 radical (unpaired) electrons. The fraction of sp³-hybridized carbons (Fsp3) is 0.308. The summed E-state index contributed by atoms with van der Waals surface area (Å²) in [6.45, 7) is 4.55. The van der Waals surface area contributed by atoms with Crippen LogP contribution in [-0.4, -0.2) is 25.8 Å². The number of carboxylic acids is 1. The molecule has 2 N–H and O–H groups in total. The first-order valence-corrected chi connectivity index (χ1v) is 5.90. The van der Waals surface area contributed by atoms with Crippen LogP contribution < -0.4 is 5.32 Å². The Bertz CT molecular complexity index is 619. The van der Waals surface area contributed by atoms with E-state index in [0.717, 1.165) is 17.0 Å². The molecule has 0 saturated heterocycles. The van der Waals surface area contributed by atoms with Gasteiger partial charge in [-0.25, -0.2) is 4.79 Å². The number of aromatic carboxylic acids is 1. The molecule has 6 heteroatoms. The molecule has 0 spiro atoms. The fourth-order valence-electron chi connectivity index (χ4n) is 1.92. The maximum absolute atomic E-state index is 10.9. The molecule has 0 unspecified atom stereocenters. The lowest BCUT2D eigenvalue weighted by atomic mass is 10.2. The minimum absolute atomic E-state index is 0.171. The summed E-state index contributed by atoms with van der Waals surface area (Å²) in [5, 5.41) is 16.4. The number of aryl methyl sites for hydroxylation is 2. The Kier molecular flexibility index (Phi) is 3.50. The first kappa shape index (κ1) is 13.1. The van der Waals surface area contributed by atoms with Gasteiger partial charge in [0.25, 0.3) is 0 Å². The molecule has 0 saturated carbocycles. The van der Waals surface area contributed by atoms with Crippen LogP contribution in [0.25, 0.3) is 0 Å². The molecular weight excluding hydrogens is 244 g/mol. The van der Waals surface area contributed by atoms with Crippen LogP contribution in [0.2, 0.25) is 0 Å². The van der Waals surface area contributed by atoms with Crippen LogP contribution in [-0.2, 0) is 13.6 Å². The number of pyridine rings is 1. The van der Waals surface area contributed by atoms with Crippen molar-refractivity contribution < 1.29 is 9.90 Å². The third kappa shape index (κ3) is 2.73. The highest BCUT2D eigenvalue weighted by Gasteiger charge is 2.09. The van der Waals surface area contributed by atoms with Crippen molar-refractivity contribution in [3.05, 3.63) is 41.0 Å². The number of nitrogens with one attached hydrogen (secondary N) is 1. The number of nitrogens with zero attached hydrogens (tertiary/aromatic N) is 3. The number of carbonyl (C=O) groups is 1. The summed E-state index contributed by atoms with van der Waals surface area (Å²) in [6, 6.07) is 1.57. The zero-order valence-corrected chi connectivity index (χ0v) is 11.1. The maximum atomic E-state index is 10.9. The topological polar surface area (TPSA) is 80.0 Å². The van der Waals surface area contributed by atoms with E-state index < -0.39 is 5.97 Å². The Morgan fingerprint density at radius 1 is 1.42 bits per heavy atom. The van der Waals surface area contributed by atoms with Gasteiger partial charge in [-0.1, -0.05) is 0 Å². The van der Waals surface area contributed by atoms with E-state index in [0.29, 0.717) is 12.2 Å². The molecule has 2 rings (SSSR count). The minimum atomic E-state index is -0.982. The second kappa shape index (κ2) is 5.09. The molecule has 0 fully saturated rings. The molecule has 2 aromatic rings. The summed E-state index contributed by atoms with van der Waals surface area (Å²) >= 11 is 0. The normalized spacial score (nSPS) is 10.5. The zero-order valence-electron chi connectivity index (χ0n) is 11.1. The van der Waals surface area contributed by atoms with Crippen LogP contribution in [0.15, 0.2) is 18.5 Å². The minimum Gasteiger partial charge on any atom is -0.478 e. The lowest BCUT2D eigenvalue weighted by Crippen LogP contribution is -2.04. The van der Waals surface area contributed by atoms with Gasteiger partial charge in [0, 0.05) is 37.2 Å². The molecule has 2 aromatic heterocycles. The molecule has 0 bridgehead atoms. The van der Waals surface area contributed by atoms with Crippen LogP contribution in [0.4, 0.5) is 5.69 Å². The van der Waals surface area contributed by atoms with Crippen molar-refractivity contribution in [2.45, 2.75) is 20.4 Å². The van der Waals surface area contributed by atoms with Crippen molar-refractivity contribution >= 4 is 11.7 Å². The van der Waals surface area contributed by atoms with Crippen LogP contribution in [0.3, 0.4) is 0 Å². The lowest BCUT2D eigenvalue weighted by Gasteiger charge is -2.07. The summed E-state index contributed by atoms with van der Waals surface area (Å²) < 4.78 is 1.83. The highest BCUT2D eigenvalue weighted by molar-refractivity contribution is 5.88. The maximum Gasteiger partial charge on any atom is 0.337 e. The number of anilines is 1. The van der Waals surface area contributed by atoms with Crippen molar-refractivity contribution in [1.82, 2.24) is 14.8 Å². The summed E-state index contributed by atoms with van der Waals surface area (Å²) in [5.41, 5.74) is 4.03. The molecule has 0 amide bonds. The second-order valence-electron chi connectivity index (χ2n) is 4.39. The Labute approximate surface area is 111 Å². The standard InChI is InChI=1S/C13H16N4O2/c1-8-12(9(2)17(3)16-8)7-15-11-4-10(13(18)19)5-14-6-11/h4-6,15H,7H2,1-3H3,(H,18,19). The van der Waals surface area contributed by atoms with Gasteiger partial charge in [0.15, 0.2) is 0 Å². The van der Waals surface area contributed by atoms with Crippen molar-refractivity contribution in [1.29, 1.82) is 0 Å². The van der Waals surface area contributed by atoms with E-state index in [1.807, 2.05) is 25.6 Å². The van der Waals surface area contributed by atoms with E-state index in [2.05, 4.69) is 15.4 Å². The highest BCUT2D eigenvalue weighted by atomic mass is 16.4. The van der Waals surface area contributed by atoms with E-state index in [4.69, 9.17) is 5.11 Å². The summed E-state index contributed by atoms with van der Waals surface area (Å²) in [7, 11) is 1.90. The van der Waals surface area contributed by atoms with Crippen molar-refractivity contribution in [3.8, 4) is 0 Å². The summed E-state index contributed by atoms with van der Waals surface area (Å²) in [4.78, 5) is 14.8. The third-order valence-corrected chi connectivity index (χ3v) is 3.11. The first-order valence-electron chi connectivity index (χ1n) is 5.90. The molecule has 0 aliphatic rings. The monoisotopic (exact) mass is 260 g/mol. The van der Waals surface area contributed by atoms with Gasteiger partial charge in [0.2, 0.25) is 0 Å². The molecule has 0 aliphatic carbocycles. The predicted molar refractivity (Wildman–Crippen MR) is 71.2 cm³/mol. The Hall–Kier alpha value is -2.37. The molecule has 0 atom stereocenters. The zero-order chi connectivity index (χ0) is 14.0. The Balaban J connectivity index is 2.14. The van der Waals surface area contributed by atoms with E-state index in [1.54, 1.807) is 12.3 Å². The van der Waals surface area contributed by atoms with Gasteiger partial charge in [-0.05, 0) is 19.9 Å². The van der Waals surface area contributed by atoms with Gasteiger partial charge in [-0.3, -0.25) is 9.67 Å². The quantitative estimate of drug-likeness (QED) is 0.875. The molecule has 6 nitrogen and oxygen atoms in total. The number of rotatable bonds is 4. The van der Waals surface area contributed by atoms with Gasteiger partial charge in [0.05, 0.1) is 16.9 Å². The van der Waals surface area contributed by atoms with Gasteiger partial charge in [0.1, 0.15) is 0 Å². The lowest BCUT2D eigenvalue weighted by molar-refractivity contribution is 0.0696. The van der Waals surface area contributed by atoms with E-state index in [-0.39, 0.29) is 5.56 Å². The van der Waals surface area contributed by atoms with Gasteiger partial charge < -0.3 is 10.4 Å². The number of hydrogen-bond donors (Lipinski definition) is 2. The molecule has 0 aliphatic heterocycles. The molecule has 19 heavy (non-hydrogen) atoms. The van der Waals surface area contributed by atoms with Crippen molar-refractivity contribution in [2.75, 3.05) is 5.32 Å². The molecule has 0 aromatic carbocycles. The van der Waals surface area contributed by atoms with Gasteiger partial charge in [-0.15, -0.1) is 0 Å². The molecular formula is C13H16N4O2. The third-order valence-electron chi connectivity index (χ3n) is 3.11. The fourth-order valence-corrected chi connectivity index (χ4v) is 1.92. The average molecular weight is 260 g/mol. The number of hydrogen-bond acceptors (Lipinski definition) is 4. The molecule has 100 valence electrons. The Morgan fingerprint density at radius 2 is 2.16 bits per heavy atom. The van der Waals surface area contributed by atoms with E-state index in [9.17, 15) is 4.79 Å². The first-order chi connectivity index (χ1) is 8.99. The summed E-state index contributed by atoms with van der Waals surface area (Å²) in [5.74, 6) is -0.982. The highest BCUT2D eigenvalue weighted by Crippen LogP contribution is 2.15. The average Bonchev–Trinajstić information content (AvgIpc) is 2.61. The second-order valence-corrected chi connectivity index (χ2v) is 4.39. The van der Waals surface area contributed by atoms with Gasteiger partial charge in [-0.2, -0.15) is 5.10 Å². The van der Waals surface area contributed by atoms with Crippen LogP contribution in [0.1, 0.15) is 27.3 Å². The van der Waals surface area contributed by atoms with Crippen LogP contribution >= 0.6 is 0 Å². The SMILES string of the molecule is Cc1nn(C)c(C)c1CNc1cncc(C(=O)O)c1. The molecule has 2 heterocycles. The smallest absolute Gasteiger partial charge is 0.337 e. The van der Waals surface area contributed by atoms with Crippen LogP contribution in [0, 0.1) is 13.8 Å². The van der Waals surface area contributed by atoms with Crippen molar-refractivity contribution in [3.63, 3.8) is 0 Å². The Morgan fingerprint density at radius 3 is 2.74 bits per heavy atom. The van der Waals surface area contributed by atoms with Gasteiger partial charge >= 0.3 is 5.97 Å². The van der Waals surface area contributed by atoms with Crippen LogP contribution in [0.5, 0.6) is 0 Å². The summed E-state index contributed by atoms with van der Waals surface area (Å²) in [6.07, 6.45) is 2.93. The van der Waals surface area contributed by atoms with Crippen molar-refractivity contribution in [2.24, 2.45) is 7.05 Å². The predicted octanol–water partition coefficient (Wildman–Crippen LogP) is 1.74. The number of aromatic nitrogens is 3. The number of carboxylic acid groups (broad SMARTS) is 1. The van der Waals surface area contributed by atoms with E-state index in [1.165, 1.54) is 6.20 Å². The van der Waals surface area contributed by atoms with E-state index >= 15 is 0 Å².